The molecule has 1 atom stereocenters. The summed E-state index contributed by atoms with van der Waals surface area (Å²) in [5, 5.41) is 9.80. The maximum absolute atomic E-state index is 9.13. The lowest BCUT2D eigenvalue weighted by molar-refractivity contribution is -0.873. The van der Waals surface area contributed by atoms with Gasteiger partial charge in [0.05, 0.1) is 21.1 Å². The van der Waals surface area contributed by atoms with Crippen LogP contribution in [-0.4, -0.2) is 48.7 Å². The molecular weight excluding hydrogens is 262 g/mol. The Morgan fingerprint density at radius 3 is 1.90 bits per heavy atom. The lowest BCUT2D eigenvalue weighted by Crippen LogP contribution is -3.00. The van der Waals surface area contributed by atoms with Crippen molar-refractivity contribution in [2.45, 2.75) is 6.10 Å². The van der Waals surface area contributed by atoms with Gasteiger partial charge in [-0.3, -0.25) is 0 Å². The third-order valence-electron chi connectivity index (χ3n) is 0.937. The zero-order valence-electron chi connectivity index (χ0n) is 6.64. The summed E-state index contributed by atoms with van der Waals surface area (Å²) in [5.74, 6) is 0. The third kappa shape index (κ3) is 8.88. The molecule has 0 amide bonds. The second-order valence-corrected chi connectivity index (χ2v) is 3.93. The van der Waals surface area contributed by atoms with Gasteiger partial charge in [-0.25, -0.2) is 0 Å². The Balaban J connectivity index is 0. The SMILES string of the molecule is C[N+](C)(C)CC(O)CBr.[Br-]. The van der Waals surface area contributed by atoms with Crippen LogP contribution in [0.5, 0.6) is 0 Å². The molecule has 1 N–H and O–H groups in total. The molecule has 0 saturated carbocycles. The van der Waals surface area contributed by atoms with E-state index in [9.17, 15) is 0 Å². The van der Waals surface area contributed by atoms with Gasteiger partial charge < -0.3 is 26.6 Å². The van der Waals surface area contributed by atoms with Crippen LogP contribution in [0.1, 0.15) is 0 Å². The van der Waals surface area contributed by atoms with Crippen LogP contribution >= 0.6 is 15.9 Å². The summed E-state index contributed by atoms with van der Waals surface area (Å²) in [6.07, 6.45) is -0.218. The number of nitrogens with zero attached hydrogens (tertiary/aromatic N) is 1. The van der Waals surface area contributed by atoms with E-state index in [1.165, 1.54) is 0 Å². The maximum atomic E-state index is 9.13. The molecule has 0 aromatic rings. The summed E-state index contributed by atoms with van der Waals surface area (Å²) < 4.78 is 0.812. The highest BCUT2D eigenvalue weighted by atomic mass is 79.9. The average Bonchev–Trinajstić information content (AvgIpc) is 1.62. The molecule has 0 aromatic carbocycles. The largest absolute Gasteiger partial charge is 1.00 e. The van der Waals surface area contributed by atoms with Gasteiger partial charge in [-0.1, -0.05) is 15.9 Å². The molecule has 4 heteroatoms. The van der Waals surface area contributed by atoms with Gasteiger partial charge in [0.25, 0.3) is 0 Å². The monoisotopic (exact) mass is 275 g/mol. The fourth-order valence-electron chi connectivity index (χ4n) is 0.681. The first-order valence-electron chi connectivity index (χ1n) is 3.00. The van der Waals surface area contributed by atoms with Gasteiger partial charge in [-0.05, 0) is 0 Å². The fraction of sp³-hybridized carbons (Fsp3) is 1.00. The third-order valence-corrected chi connectivity index (χ3v) is 1.68. The smallest absolute Gasteiger partial charge is 0.112 e. The van der Waals surface area contributed by atoms with Crippen molar-refractivity contribution in [1.29, 1.82) is 0 Å². The summed E-state index contributed by atoms with van der Waals surface area (Å²) in [4.78, 5) is 0. The van der Waals surface area contributed by atoms with E-state index in [0.717, 1.165) is 11.0 Å². The van der Waals surface area contributed by atoms with E-state index in [0.29, 0.717) is 5.33 Å². The number of aliphatic hydroxyl groups is 1. The van der Waals surface area contributed by atoms with Crippen molar-refractivity contribution in [1.82, 2.24) is 0 Å². The molecule has 2 nitrogen and oxygen atoms in total. The molecule has 0 radical (unpaired) electrons. The highest BCUT2D eigenvalue weighted by Crippen LogP contribution is 1.97. The molecular formula is C6H15Br2NO. The van der Waals surface area contributed by atoms with Crippen molar-refractivity contribution in [3.63, 3.8) is 0 Å². The minimum atomic E-state index is -0.218. The number of halogens is 2. The Labute approximate surface area is 81.7 Å². The van der Waals surface area contributed by atoms with Gasteiger partial charge in [0.2, 0.25) is 0 Å². The Hall–Kier alpha value is 0.880. The maximum Gasteiger partial charge on any atom is 0.112 e. The number of quaternary nitrogens is 1. The predicted molar refractivity (Wildman–Crippen MR) is 42.7 cm³/mol. The first kappa shape index (κ1) is 13.5. The molecule has 64 valence electrons. The summed E-state index contributed by atoms with van der Waals surface area (Å²) in [5.41, 5.74) is 0. The van der Waals surface area contributed by atoms with E-state index >= 15 is 0 Å². The second-order valence-electron chi connectivity index (χ2n) is 3.28. The van der Waals surface area contributed by atoms with Gasteiger partial charge in [-0.15, -0.1) is 0 Å². The highest BCUT2D eigenvalue weighted by Gasteiger charge is 2.13. The first-order chi connectivity index (χ1) is 3.95. The van der Waals surface area contributed by atoms with Gasteiger partial charge in [-0.2, -0.15) is 0 Å². The Morgan fingerprint density at radius 2 is 1.80 bits per heavy atom. The lowest BCUT2D eigenvalue weighted by Gasteiger charge is -2.25. The van der Waals surface area contributed by atoms with Gasteiger partial charge in [0.1, 0.15) is 12.6 Å². The molecule has 0 rings (SSSR count). The van der Waals surface area contributed by atoms with Gasteiger partial charge >= 0.3 is 0 Å². The standard InChI is InChI=1S/C6H15BrNO.BrH/c1-8(2,3)5-6(9)4-7;/h6,9H,4-5H2,1-3H3;1H/q+1;/p-1. The van der Waals surface area contributed by atoms with Gasteiger partial charge in [0, 0.05) is 5.33 Å². The molecule has 10 heavy (non-hydrogen) atoms. The van der Waals surface area contributed by atoms with Crippen LogP contribution in [0.2, 0.25) is 0 Å². The fourth-order valence-corrected chi connectivity index (χ4v) is 0.886. The minimum Gasteiger partial charge on any atom is -1.00 e. The van der Waals surface area contributed by atoms with E-state index < -0.39 is 0 Å². The topological polar surface area (TPSA) is 20.2 Å². The zero-order chi connectivity index (χ0) is 7.49. The average molecular weight is 277 g/mol. The molecule has 0 aromatic heterocycles. The second kappa shape index (κ2) is 5.52. The number of likely N-dealkylation sites (N-methyl/N-ethyl adjacent to an activating group) is 1. The van der Waals surface area contributed by atoms with Crippen LogP contribution in [0.3, 0.4) is 0 Å². The summed E-state index contributed by atoms with van der Waals surface area (Å²) in [6.45, 7) is 0.797. The van der Waals surface area contributed by atoms with Crippen LogP contribution in [0.4, 0.5) is 0 Å². The molecule has 1 unspecified atom stereocenters. The number of rotatable bonds is 3. The van der Waals surface area contributed by atoms with E-state index in [1.807, 2.05) is 0 Å². The van der Waals surface area contributed by atoms with Crippen molar-refractivity contribution in [3.8, 4) is 0 Å². The Kier molecular flexibility index (Phi) is 7.43. The number of alkyl halides is 1. The summed E-state index contributed by atoms with van der Waals surface area (Å²) >= 11 is 3.21. The normalized spacial score (nSPS) is 14.1. The van der Waals surface area contributed by atoms with Crippen molar-refractivity contribution in [2.75, 3.05) is 33.0 Å². The molecule has 0 fully saturated rings. The summed E-state index contributed by atoms with van der Waals surface area (Å²) in [7, 11) is 6.18. The Bertz CT molecular complexity index is 82.3. The molecule has 0 heterocycles. The van der Waals surface area contributed by atoms with Gasteiger partial charge in [0.15, 0.2) is 0 Å². The first-order valence-corrected chi connectivity index (χ1v) is 4.12. The van der Waals surface area contributed by atoms with Crippen molar-refractivity contribution < 1.29 is 26.6 Å². The van der Waals surface area contributed by atoms with E-state index in [2.05, 4.69) is 37.1 Å². The van der Waals surface area contributed by atoms with Crippen LogP contribution in [0, 0.1) is 0 Å². The quantitative estimate of drug-likeness (QED) is 0.445. The molecule has 0 saturated heterocycles. The molecule has 0 aliphatic heterocycles. The van der Waals surface area contributed by atoms with Crippen LogP contribution < -0.4 is 17.0 Å². The molecule has 0 spiro atoms. The highest BCUT2D eigenvalue weighted by molar-refractivity contribution is 9.09. The van der Waals surface area contributed by atoms with Crippen molar-refractivity contribution in [3.05, 3.63) is 0 Å². The van der Waals surface area contributed by atoms with E-state index in [-0.39, 0.29) is 23.1 Å². The summed E-state index contributed by atoms with van der Waals surface area (Å²) in [6, 6.07) is 0. The molecule has 0 bridgehead atoms. The molecule has 0 aliphatic carbocycles. The predicted octanol–water partition coefficient (Wildman–Crippen LogP) is -2.55. The van der Waals surface area contributed by atoms with E-state index in [4.69, 9.17) is 5.11 Å². The van der Waals surface area contributed by atoms with Crippen LogP contribution in [-0.2, 0) is 0 Å². The van der Waals surface area contributed by atoms with E-state index in [1.54, 1.807) is 0 Å². The number of hydrogen-bond acceptors (Lipinski definition) is 1. The zero-order valence-corrected chi connectivity index (χ0v) is 9.81. The number of hydrogen-bond donors (Lipinski definition) is 1. The van der Waals surface area contributed by atoms with Crippen LogP contribution in [0.25, 0.3) is 0 Å². The van der Waals surface area contributed by atoms with Crippen molar-refractivity contribution >= 4 is 15.9 Å². The minimum absolute atomic E-state index is 0. The molecule has 0 aliphatic rings. The lowest BCUT2D eigenvalue weighted by atomic mass is 10.3. The number of aliphatic hydroxyl groups excluding tert-OH is 1. The van der Waals surface area contributed by atoms with Crippen molar-refractivity contribution in [2.24, 2.45) is 0 Å². The van der Waals surface area contributed by atoms with Crippen LogP contribution in [0.15, 0.2) is 0 Å². The Morgan fingerprint density at radius 1 is 1.40 bits per heavy atom.